The molecule has 0 bridgehead atoms. The van der Waals surface area contributed by atoms with Crippen LogP contribution in [0, 0.1) is 6.92 Å². The van der Waals surface area contributed by atoms with E-state index < -0.39 is 10.8 Å². The molecule has 1 amide bonds. The van der Waals surface area contributed by atoms with Crippen molar-refractivity contribution in [2.24, 2.45) is 0 Å². The first-order valence-electron chi connectivity index (χ1n) is 13.3. The van der Waals surface area contributed by atoms with Crippen LogP contribution in [0.1, 0.15) is 26.3 Å². The summed E-state index contributed by atoms with van der Waals surface area (Å²) in [5, 5.41) is 2.09. The second kappa shape index (κ2) is 14.2. The van der Waals surface area contributed by atoms with Crippen molar-refractivity contribution in [2.75, 3.05) is 31.1 Å². The quantitative estimate of drug-likeness (QED) is 0.134. The van der Waals surface area contributed by atoms with E-state index in [2.05, 4.69) is 41.5 Å². The molecule has 0 aliphatic carbocycles. The molecule has 0 saturated carbocycles. The number of nitrogens with zero attached hydrogens (tertiary/aromatic N) is 5. The highest BCUT2D eigenvalue weighted by molar-refractivity contribution is 6.66. The first kappa shape index (κ1) is 32.5. The van der Waals surface area contributed by atoms with Crippen LogP contribution in [-0.2, 0) is 9.53 Å². The Morgan fingerprint density at radius 1 is 1.02 bits per heavy atom. The van der Waals surface area contributed by atoms with Gasteiger partial charge in [0.15, 0.2) is 0 Å². The number of allylic oxidation sites excluding steroid dienone is 1. The number of anilines is 1. The van der Waals surface area contributed by atoms with Crippen molar-refractivity contribution < 1.29 is 14.3 Å². The molecule has 0 atom stereocenters. The summed E-state index contributed by atoms with van der Waals surface area (Å²) in [6.07, 6.45) is 6.04. The predicted octanol–water partition coefficient (Wildman–Crippen LogP) is 7.60. The van der Waals surface area contributed by atoms with Crippen LogP contribution >= 0.6 is 23.2 Å². The maximum Gasteiger partial charge on any atom is 0.410 e. The van der Waals surface area contributed by atoms with Crippen molar-refractivity contribution in [1.29, 1.82) is 0 Å². The number of halogens is 2. The Hall–Kier alpha value is -4.01. The van der Waals surface area contributed by atoms with E-state index in [1.165, 1.54) is 0 Å². The van der Waals surface area contributed by atoms with Gasteiger partial charge in [-0.2, -0.15) is 0 Å². The van der Waals surface area contributed by atoms with E-state index in [0.717, 1.165) is 50.3 Å². The highest BCUT2D eigenvalue weighted by Crippen LogP contribution is 2.39. The van der Waals surface area contributed by atoms with Gasteiger partial charge < -0.3 is 14.5 Å². The molecular weight excluding hydrogens is 573 g/mol. The zero-order chi connectivity index (χ0) is 31.0. The Morgan fingerprint density at radius 2 is 1.69 bits per heavy atom. The first-order chi connectivity index (χ1) is 20.0. The van der Waals surface area contributed by atoms with E-state index in [1.54, 1.807) is 17.4 Å². The van der Waals surface area contributed by atoms with Crippen molar-refractivity contribution in [3.8, 4) is 11.1 Å². The molecule has 8 nitrogen and oxygen atoms in total. The van der Waals surface area contributed by atoms with Gasteiger partial charge >= 0.3 is 6.09 Å². The van der Waals surface area contributed by atoms with Gasteiger partial charge in [-0.3, -0.25) is 9.78 Å². The fraction of sp³-hybridized carbons (Fsp3) is 0.281. The number of carbonyl (C=O) groups is 2. The number of fused-ring (bicyclic) bond motifs is 2. The van der Waals surface area contributed by atoms with E-state index in [-0.39, 0.29) is 6.09 Å². The molecule has 5 rings (SSSR count). The lowest BCUT2D eigenvalue weighted by Crippen LogP contribution is -2.50. The summed E-state index contributed by atoms with van der Waals surface area (Å²) in [5.74, 6) is 0. The van der Waals surface area contributed by atoms with E-state index in [1.807, 2.05) is 57.3 Å². The van der Waals surface area contributed by atoms with Crippen LogP contribution in [0.5, 0.6) is 0 Å². The number of benzene rings is 2. The maximum absolute atomic E-state index is 12.5. The number of hydrogen-bond acceptors (Lipinski definition) is 7. The summed E-state index contributed by atoms with van der Waals surface area (Å²) >= 11 is 11.6. The van der Waals surface area contributed by atoms with E-state index in [9.17, 15) is 9.59 Å². The molecule has 10 heteroatoms. The van der Waals surface area contributed by atoms with Crippen LogP contribution in [0.2, 0.25) is 5.02 Å². The zero-order valence-electron chi connectivity index (χ0n) is 24.4. The Bertz CT molecular complexity index is 1590. The minimum absolute atomic E-state index is 0.264. The van der Waals surface area contributed by atoms with Crippen LogP contribution in [0.25, 0.3) is 32.9 Å². The third-order valence-corrected chi connectivity index (χ3v) is 6.81. The third kappa shape index (κ3) is 7.84. The molecule has 2 aromatic carbocycles. The smallest absolute Gasteiger partial charge is 0.410 e. The summed E-state index contributed by atoms with van der Waals surface area (Å²) in [5.41, 5.74) is 5.24. The van der Waals surface area contributed by atoms with Gasteiger partial charge in [-0.15, -0.1) is 13.2 Å². The summed E-state index contributed by atoms with van der Waals surface area (Å²) in [6, 6.07) is 10.0. The molecular formula is C32H35Cl2N5O3. The van der Waals surface area contributed by atoms with Crippen LogP contribution in [0.3, 0.4) is 0 Å². The van der Waals surface area contributed by atoms with Crippen molar-refractivity contribution in [2.45, 2.75) is 33.3 Å². The molecule has 0 N–H and O–H groups in total. The minimum Gasteiger partial charge on any atom is -0.444 e. The van der Waals surface area contributed by atoms with Gasteiger partial charge in [0.25, 0.3) is 0 Å². The fourth-order valence-corrected chi connectivity index (χ4v) is 4.86. The average Bonchev–Trinajstić information content (AvgIpc) is 2.97. The second-order valence-electron chi connectivity index (χ2n) is 10.4. The number of aromatic nitrogens is 3. The number of carbonyl (C=O) groups excluding carboxylic acids is 2. The largest absolute Gasteiger partial charge is 0.444 e. The predicted molar refractivity (Wildman–Crippen MR) is 172 cm³/mol. The number of para-hydroxylation sites is 1. The van der Waals surface area contributed by atoms with E-state index in [4.69, 9.17) is 32.9 Å². The molecule has 1 aliphatic rings. The molecule has 2 aromatic heterocycles. The number of rotatable bonds is 3. The third-order valence-electron chi connectivity index (χ3n) is 6.34. The zero-order valence-corrected chi connectivity index (χ0v) is 25.9. The molecule has 1 fully saturated rings. The minimum atomic E-state index is -0.509. The van der Waals surface area contributed by atoms with Gasteiger partial charge in [0, 0.05) is 65.5 Å². The lowest BCUT2D eigenvalue weighted by molar-refractivity contribution is -0.107. The fourth-order valence-electron chi connectivity index (χ4n) is 4.60. The van der Waals surface area contributed by atoms with Crippen molar-refractivity contribution in [3.05, 3.63) is 85.5 Å². The molecule has 4 aromatic rings. The molecule has 1 saturated heterocycles. The van der Waals surface area contributed by atoms with Crippen LogP contribution in [-0.4, -0.2) is 63.0 Å². The average molecular weight is 609 g/mol. The van der Waals surface area contributed by atoms with Gasteiger partial charge in [0.2, 0.25) is 5.24 Å². The normalized spacial score (nSPS) is 13.0. The molecule has 1 aliphatic heterocycles. The summed E-state index contributed by atoms with van der Waals surface area (Å²) in [6.45, 7) is 19.4. The van der Waals surface area contributed by atoms with Gasteiger partial charge in [-0.1, -0.05) is 36.4 Å². The lowest BCUT2D eigenvalue weighted by atomic mass is 9.99. The Balaban J connectivity index is 0.000000627. The number of ether oxygens (including phenoxy) is 1. The van der Waals surface area contributed by atoms with Gasteiger partial charge in [-0.25, -0.2) is 14.8 Å². The number of piperazine rings is 1. The highest BCUT2D eigenvalue weighted by atomic mass is 35.5. The van der Waals surface area contributed by atoms with Gasteiger partial charge in [0.1, 0.15) is 11.9 Å². The first-order valence-corrected chi connectivity index (χ1v) is 14.1. The molecule has 0 radical (unpaired) electrons. The summed E-state index contributed by atoms with van der Waals surface area (Å²) in [7, 11) is 0. The van der Waals surface area contributed by atoms with Crippen molar-refractivity contribution in [1.82, 2.24) is 19.9 Å². The molecule has 0 spiro atoms. The Kier molecular flexibility index (Phi) is 11.0. The van der Waals surface area contributed by atoms with E-state index in [0.29, 0.717) is 31.2 Å². The summed E-state index contributed by atoms with van der Waals surface area (Å²) < 4.78 is 5.55. The van der Waals surface area contributed by atoms with Crippen molar-refractivity contribution >= 4 is 62.0 Å². The SMILES string of the molecule is C=C.C=CC(=O)Cl.Cc1cnc2cc(-c3cccc4cncnc34)c(Cl)cc2c1N1CCN(C(=O)OC(C)(C)C)CC1. The monoisotopic (exact) mass is 607 g/mol. The van der Waals surface area contributed by atoms with Crippen LogP contribution in [0.15, 0.2) is 74.9 Å². The second-order valence-corrected chi connectivity index (χ2v) is 11.1. The highest BCUT2D eigenvalue weighted by Gasteiger charge is 2.27. The lowest BCUT2D eigenvalue weighted by Gasteiger charge is -2.37. The maximum atomic E-state index is 12.5. The Labute approximate surface area is 256 Å². The Morgan fingerprint density at radius 3 is 2.31 bits per heavy atom. The van der Waals surface area contributed by atoms with Gasteiger partial charge in [0.05, 0.1) is 16.7 Å². The van der Waals surface area contributed by atoms with Gasteiger partial charge in [-0.05, 0) is 63.1 Å². The van der Waals surface area contributed by atoms with E-state index >= 15 is 0 Å². The topological polar surface area (TPSA) is 88.5 Å². The van der Waals surface area contributed by atoms with Crippen LogP contribution < -0.4 is 4.90 Å². The molecule has 42 heavy (non-hydrogen) atoms. The molecule has 3 heterocycles. The molecule has 0 unspecified atom stereocenters. The number of hydrogen-bond donors (Lipinski definition) is 0. The molecule has 220 valence electrons. The van der Waals surface area contributed by atoms with Crippen molar-refractivity contribution in [3.63, 3.8) is 0 Å². The summed E-state index contributed by atoms with van der Waals surface area (Å²) in [4.78, 5) is 39.4. The number of aryl methyl sites for hydroxylation is 1. The number of amides is 1. The number of pyridine rings is 1. The van der Waals surface area contributed by atoms with Crippen LogP contribution in [0.4, 0.5) is 10.5 Å². The standard InChI is InChI=1S/C27H28ClN5O2.C3H3ClO.C2H4/c1-17-14-30-23-13-20(19-7-5-6-18-15-29-16-31-24(18)19)22(28)12-21(23)25(17)32-8-10-33(11-9-32)26(34)35-27(2,3)4;1-2-3(4)5;1-2/h5-7,12-16H,8-11H2,1-4H3;2H,1H2;1-2H2.